The standard InChI is InChI=1S/C27H38N3O3/c1-30(16-8-10-22-18-28-21-29-19-22)17-9-15-25(20-30)33-26(31)27(32,23-11-4-2-5-12-23)24-13-6-3-7-14-24/h2,4-5,11-12,18-19,21,24-25,32H,3,6-10,13-17,20H2,1H3/q+1/t25-,27?,30?/m1/s1. The summed E-state index contributed by atoms with van der Waals surface area (Å²) in [4.78, 5) is 21.8. The van der Waals surface area contributed by atoms with Gasteiger partial charge in [-0.2, -0.15) is 0 Å². The maximum atomic E-state index is 13.5. The molecule has 2 unspecified atom stereocenters. The van der Waals surface area contributed by atoms with E-state index >= 15 is 0 Å². The van der Waals surface area contributed by atoms with Crippen molar-refractivity contribution in [3.63, 3.8) is 0 Å². The molecule has 1 saturated heterocycles. The largest absolute Gasteiger partial charge is 0.454 e. The molecule has 33 heavy (non-hydrogen) atoms. The maximum Gasteiger partial charge on any atom is 0.343 e. The summed E-state index contributed by atoms with van der Waals surface area (Å²) in [5, 5.41) is 11.8. The fraction of sp³-hybridized carbons (Fsp3) is 0.593. The van der Waals surface area contributed by atoms with Gasteiger partial charge in [0.25, 0.3) is 0 Å². The second-order valence-electron chi connectivity index (χ2n) is 10.2. The van der Waals surface area contributed by atoms with Gasteiger partial charge in [-0.1, -0.05) is 49.6 Å². The highest BCUT2D eigenvalue weighted by Gasteiger charge is 2.48. The third kappa shape index (κ3) is 5.79. The van der Waals surface area contributed by atoms with Crippen LogP contribution in [-0.4, -0.2) is 58.3 Å². The molecule has 0 bridgehead atoms. The summed E-state index contributed by atoms with van der Waals surface area (Å²) in [7, 11) is 2.26. The Morgan fingerprint density at radius 1 is 1.09 bits per heavy atom. The SMILES string of the molecule is C[N+]1(CCCc2cncnc2)CCC[C@@H](OC(=O)C(O)(c2ccccc2)C2CCCCC2)C1. The van der Waals surface area contributed by atoms with Crippen molar-refractivity contribution >= 4 is 5.97 Å². The molecule has 0 spiro atoms. The molecule has 6 nitrogen and oxygen atoms in total. The molecular formula is C27H38N3O3+. The highest BCUT2D eigenvalue weighted by atomic mass is 16.6. The van der Waals surface area contributed by atoms with E-state index in [0.29, 0.717) is 5.56 Å². The Morgan fingerprint density at radius 2 is 1.82 bits per heavy atom. The number of likely N-dealkylation sites (tertiary alicyclic amines) is 1. The molecule has 2 aliphatic rings. The zero-order chi connectivity index (χ0) is 23.2. The zero-order valence-corrected chi connectivity index (χ0v) is 19.9. The number of aliphatic hydroxyl groups is 1. The van der Waals surface area contributed by atoms with Crippen LogP contribution < -0.4 is 0 Å². The van der Waals surface area contributed by atoms with E-state index in [1.54, 1.807) is 6.33 Å². The van der Waals surface area contributed by atoms with Crippen LogP contribution in [0.2, 0.25) is 0 Å². The number of piperidine rings is 1. The third-order valence-corrected chi connectivity index (χ3v) is 7.64. The molecule has 1 N–H and O–H groups in total. The average Bonchev–Trinajstić information content (AvgIpc) is 2.85. The number of nitrogens with zero attached hydrogens (tertiary/aromatic N) is 3. The van der Waals surface area contributed by atoms with Crippen LogP contribution in [-0.2, 0) is 21.6 Å². The Hall–Kier alpha value is -2.31. The van der Waals surface area contributed by atoms with E-state index in [1.165, 1.54) is 6.42 Å². The summed E-state index contributed by atoms with van der Waals surface area (Å²) < 4.78 is 6.99. The van der Waals surface area contributed by atoms with Crippen molar-refractivity contribution < 1.29 is 19.1 Å². The fourth-order valence-electron chi connectivity index (χ4n) is 5.77. The zero-order valence-electron chi connectivity index (χ0n) is 19.9. The lowest BCUT2D eigenvalue weighted by molar-refractivity contribution is -0.917. The van der Waals surface area contributed by atoms with Crippen LogP contribution in [0.1, 0.15) is 62.5 Å². The van der Waals surface area contributed by atoms with Gasteiger partial charge in [0.15, 0.2) is 11.7 Å². The van der Waals surface area contributed by atoms with Crippen LogP contribution in [0.3, 0.4) is 0 Å². The summed E-state index contributed by atoms with van der Waals surface area (Å²) in [6.45, 7) is 2.91. The molecule has 1 aromatic carbocycles. The minimum Gasteiger partial charge on any atom is -0.454 e. The number of quaternary nitrogens is 1. The predicted octanol–water partition coefficient (Wildman–Crippen LogP) is 4.03. The molecule has 2 fully saturated rings. The molecular weight excluding hydrogens is 414 g/mol. The molecule has 2 aromatic rings. The van der Waals surface area contributed by atoms with Crippen molar-refractivity contribution in [1.29, 1.82) is 0 Å². The minimum atomic E-state index is -1.56. The first-order chi connectivity index (χ1) is 16.0. The molecule has 2 heterocycles. The Kier molecular flexibility index (Phi) is 7.76. The molecule has 1 aliphatic carbocycles. The van der Waals surface area contributed by atoms with E-state index in [9.17, 15) is 9.90 Å². The second kappa shape index (κ2) is 10.7. The van der Waals surface area contributed by atoms with Crippen LogP contribution in [0, 0.1) is 5.92 Å². The minimum absolute atomic E-state index is 0.0845. The molecule has 1 saturated carbocycles. The lowest BCUT2D eigenvalue weighted by Crippen LogP contribution is -2.55. The number of carbonyl (C=O) groups excluding carboxylic acids is 1. The first-order valence-electron chi connectivity index (χ1n) is 12.6. The molecule has 6 heteroatoms. The Bertz CT molecular complexity index is 888. The Morgan fingerprint density at radius 3 is 2.55 bits per heavy atom. The van der Waals surface area contributed by atoms with Gasteiger partial charge in [-0.05, 0) is 36.8 Å². The molecule has 1 aromatic heterocycles. The third-order valence-electron chi connectivity index (χ3n) is 7.64. The number of ether oxygens (including phenoxy) is 1. The number of carbonyl (C=O) groups is 1. The van der Waals surface area contributed by atoms with Gasteiger partial charge in [-0.25, -0.2) is 14.8 Å². The number of hydrogen-bond donors (Lipinski definition) is 1. The first-order valence-corrected chi connectivity index (χ1v) is 12.6. The molecule has 0 amide bonds. The number of likely N-dealkylation sites (N-methyl/N-ethyl adjacent to an activating group) is 1. The molecule has 1 aliphatic heterocycles. The lowest BCUT2D eigenvalue weighted by atomic mass is 9.73. The van der Waals surface area contributed by atoms with E-state index in [2.05, 4.69) is 17.0 Å². The monoisotopic (exact) mass is 452 g/mol. The van der Waals surface area contributed by atoms with Crippen LogP contribution >= 0.6 is 0 Å². The average molecular weight is 453 g/mol. The van der Waals surface area contributed by atoms with E-state index in [-0.39, 0.29) is 12.0 Å². The number of esters is 1. The van der Waals surface area contributed by atoms with Gasteiger partial charge in [0.05, 0.1) is 20.1 Å². The first kappa shape index (κ1) is 23.8. The van der Waals surface area contributed by atoms with Crippen molar-refractivity contribution in [2.75, 3.05) is 26.7 Å². The summed E-state index contributed by atoms with van der Waals surface area (Å²) in [6, 6.07) is 9.43. The van der Waals surface area contributed by atoms with Gasteiger partial charge in [-0.15, -0.1) is 0 Å². The highest BCUT2D eigenvalue weighted by Crippen LogP contribution is 2.41. The van der Waals surface area contributed by atoms with Crippen LogP contribution in [0.15, 0.2) is 49.1 Å². The number of aryl methyl sites for hydroxylation is 1. The van der Waals surface area contributed by atoms with Crippen molar-refractivity contribution in [1.82, 2.24) is 9.97 Å². The molecule has 4 rings (SSSR count). The molecule has 0 radical (unpaired) electrons. The summed E-state index contributed by atoms with van der Waals surface area (Å²) in [5.41, 5.74) is 0.264. The van der Waals surface area contributed by atoms with E-state index in [0.717, 1.165) is 81.0 Å². The van der Waals surface area contributed by atoms with Gasteiger partial charge in [0.2, 0.25) is 0 Å². The summed E-state index contributed by atoms with van der Waals surface area (Å²) in [6.07, 6.45) is 14.0. The van der Waals surface area contributed by atoms with Crippen molar-refractivity contribution in [3.05, 3.63) is 60.2 Å². The van der Waals surface area contributed by atoms with Crippen LogP contribution in [0.4, 0.5) is 0 Å². The normalized spacial score (nSPS) is 25.8. The van der Waals surface area contributed by atoms with E-state index < -0.39 is 11.6 Å². The predicted molar refractivity (Wildman–Crippen MR) is 127 cm³/mol. The number of hydrogen-bond acceptors (Lipinski definition) is 5. The Labute approximate surface area is 197 Å². The van der Waals surface area contributed by atoms with Gasteiger partial charge in [-0.3, -0.25) is 0 Å². The highest BCUT2D eigenvalue weighted by molar-refractivity contribution is 5.81. The summed E-state index contributed by atoms with van der Waals surface area (Å²) in [5.74, 6) is -0.542. The van der Waals surface area contributed by atoms with Gasteiger partial charge in [0.1, 0.15) is 12.9 Å². The van der Waals surface area contributed by atoms with E-state index in [4.69, 9.17) is 4.74 Å². The second-order valence-corrected chi connectivity index (χ2v) is 10.2. The molecule has 178 valence electrons. The number of rotatable bonds is 8. The smallest absolute Gasteiger partial charge is 0.343 e. The van der Waals surface area contributed by atoms with Crippen LogP contribution in [0.25, 0.3) is 0 Å². The lowest BCUT2D eigenvalue weighted by Gasteiger charge is -2.42. The van der Waals surface area contributed by atoms with Gasteiger partial charge >= 0.3 is 5.97 Å². The Balaban J connectivity index is 1.41. The van der Waals surface area contributed by atoms with Crippen molar-refractivity contribution in [2.24, 2.45) is 5.92 Å². The van der Waals surface area contributed by atoms with Crippen molar-refractivity contribution in [2.45, 2.75) is 69.5 Å². The topological polar surface area (TPSA) is 72.3 Å². The summed E-state index contributed by atoms with van der Waals surface area (Å²) >= 11 is 0. The van der Waals surface area contributed by atoms with Gasteiger partial charge in [0, 0.05) is 31.2 Å². The number of benzene rings is 1. The number of aromatic nitrogens is 2. The van der Waals surface area contributed by atoms with Crippen LogP contribution in [0.5, 0.6) is 0 Å². The molecule has 3 atom stereocenters. The van der Waals surface area contributed by atoms with Gasteiger partial charge < -0.3 is 14.3 Å². The quantitative estimate of drug-likeness (QED) is 0.484. The van der Waals surface area contributed by atoms with Crippen molar-refractivity contribution in [3.8, 4) is 0 Å². The fourth-order valence-corrected chi connectivity index (χ4v) is 5.77. The maximum absolute atomic E-state index is 13.5. The van der Waals surface area contributed by atoms with E-state index in [1.807, 2.05) is 42.7 Å².